The molecule has 0 saturated carbocycles. The Morgan fingerprint density at radius 1 is 1.20 bits per heavy atom. The fourth-order valence-electron chi connectivity index (χ4n) is 2.05. The summed E-state index contributed by atoms with van der Waals surface area (Å²) in [5.41, 5.74) is 2.86. The number of methoxy groups -OCH3 is 1. The Labute approximate surface area is 123 Å². The summed E-state index contributed by atoms with van der Waals surface area (Å²) in [6, 6.07) is 10.9. The van der Waals surface area contributed by atoms with Crippen LogP contribution in [0.3, 0.4) is 0 Å². The molecule has 0 spiro atoms. The number of halogens is 2. The lowest BCUT2D eigenvalue weighted by Gasteiger charge is -2.15. The first kappa shape index (κ1) is 14.8. The van der Waals surface area contributed by atoms with Crippen molar-refractivity contribution in [1.82, 2.24) is 5.32 Å². The predicted molar refractivity (Wildman–Crippen MR) is 80.9 cm³/mol. The number of rotatable bonds is 4. The van der Waals surface area contributed by atoms with Crippen molar-refractivity contribution in [3.63, 3.8) is 0 Å². The van der Waals surface area contributed by atoms with Crippen LogP contribution in [-0.4, -0.2) is 14.2 Å². The zero-order chi connectivity index (χ0) is 14.7. The van der Waals surface area contributed by atoms with Crippen molar-refractivity contribution >= 4 is 11.6 Å². The second-order valence-electron chi connectivity index (χ2n) is 4.60. The second kappa shape index (κ2) is 6.25. The third-order valence-corrected chi connectivity index (χ3v) is 3.68. The molecule has 106 valence electrons. The van der Waals surface area contributed by atoms with Gasteiger partial charge in [-0.3, -0.25) is 0 Å². The number of benzene rings is 2. The fraction of sp³-hybridized carbons (Fsp3) is 0.250. The summed E-state index contributed by atoms with van der Waals surface area (Å²) in [4.78, 5) is 0. The zero-order valence-electron chi connectivity index (χ0n) is 11.7. The van der Waals surface area contributed by atoms with Crippen LogP contribution in [0.1, 0.15) is 18.5 Å². The van der Waals surface area contributed by atoms with Crippen molar-refractivity contribution in [2.45, 2.75) is 13.0 Å². The molecule has 4 heteroatoms. The average molecular weight is 294 g/mol. The lowest BCUT2D eigenvalue weighted by Crippen LogP contribution is -2.12. The van der Waals surface area contributed by atoms with E-state index in [0.29, 0.717) is 0 Å². The van der Waals surface area contributed by atoms with E-state index < -0.39 is 5.82 Å². The Balaban J connectivity index is 2.54. The number of nitrogens with one attached hydrogen (secondary N) is 1. The summed E-state index contributed by atoms with van der Waals surface area (Å²) in [5, 5.41) is 3.30. The average Bonchev–Trinajstić information content (AvgIpc) is 2.48. The topological polar surface area (TPSA) is 21.3 Å². The monoisotopic (exact) mass is 293 g/mol. The second-order valence-corrected chi connectivity index (χ2v) is 5.01. The maximum Gasteiger partial charge on any atom is 0.141 e. The van der Waals surface area contributed by atoms with Gasteiger partial charge in [0.1, 0.15) is 11.6 Å². The van der Waals surface area contributed by atoms with Crippen molar-refractivity contribution in [2.75, 3.05) is 14.2 Å². The standard InChI is InChI=1S/C16H17ClFNO/c1-10(19-2)11-5-7-16(20-3)13(8-11)12-4-6-15(18)14(17)9-12/h4-10,19H,1-3H3. The Bertz CT molecular complexity index is 615. The molecule has 0 saturated heterocycles. The predicted octanol–water partition coefficient (Wildman–Crippen LogP) is 4.44. The molecule has 0 aliphatic heterocycles. The molecule has 0 heterocycles. The SMILES string of the molecule is CNC(C)c1ccc(OC)c(-c2ccc(F)c(Cl)c2)c1. The fourth-order valence-corrected chi connectivity index (χ4v) is 2.23. The molecule has 2 aromatic rings. The van der Waals surface area contributed by atoms with Crippen LogP contribution in [0.2, 0.25) is 5.02 Å². The summed E-state index contributed by atoms with van der Waals surface area (Å²) < 4.78 is 18.7. The molecule has 1 N–H and O–H groups in total. The Kier molecular flexibility index (Phi) is 4.63. The number of hydrogen-bond donors (Lipinski definition) is 1. The van der Waals surface area contributed by atoms with Gasteiger partial charge in [0.15, 0.2) is 0 Å². The third-order valence-electron chi connectivity index (χ3n) is 3.39. The van der Waals surface area contributed by atoms with Crippen molar-refractivity contribution in [1.29, 1.82) is 0 Å². The molecule has 0 bridgehead atoms. The van der Waals surface area contributed by atoms with Crippen LogP contribution in [0.5, 0.6) is 5.75 Å². The first-order valence-corrected chi connectivity index (χ1v) is 6.75. The summed E-state index contributed by atoms with van der Waals surface area (Å²) in [6.45, 7) is 2.07. The molecule has 20 heavy (non-hydrogen) atoms. The normalized spacial score (nSPS) is 12.2. The Hall–Kier alpha value is -1.58. The van der Waals surface area contributed by atoms with Gasteiger partial charge >= 0.3 is 0 Å². The van der Waals surface area contributed by atoms with Gasteiger partial charge in [0.25, 0.3) is 0 Å². The van der Waals surface area contributed by atoms with Crippen LogP contribution in [-0.2, 0) is 0 Å². The van der Waals surface area contributed by atoms with Gasteiger partial charge in [-0.2, -0.15) is 0 Å². The van der Waals surface area contributed by atoms with Gasteiger partial charge in [0, 0.05) is 11.6 Å². The van der Waals surface area contributed by atoms with Crippen LogP contribution in [0.15, 0.2) is 36.4 Å². The van der Waals surface area contributed by atoms with Crippen molar-refractivity contribution in [3.05, 3.63) is 52.8 Å². The number of hydrogen-bond acceptors (Lipinski definition) is 2. The van der Waals surface area contributed by atoms with E-state index in [4.69, 9.17) is 16.3 Å². The van der Waals surface area contributed by atoms with Crippen LogP contribution in [0.4, 0.5) is 4.39 Å². The first-order chi connectivity index (χ1) is 9.56. The van der Waals surface area contributed by atoms with Crippen LogP contribution in [0, 0.1) is 5.82 Å². The van der Waals surface area contributed by atoms with Gasteiger partial charge in [-0.25, -0.2) is 4.39 Å². The van der Waals surface area contributed by atoms with E-state index in [1.54, 1.807) is 19.2 Å². The molecule has 2 aromatic carbocycles. The molecule has 0 aliphatic carbocycles. The van der Waals surface area contributed by atoms with E-state index in [1.165, 1.54) is 6.07 Å². The molecule has 1 unspecified atom stereocenters. The molecular formula is C16H17ClFNO. The van der Waals surface area contributed by atoms with Gasteiger partial charge in [0.05, 0.1) is 12.1 Å². The van der Waals surface area contributed by atoms with Gasteiger partial charge in [-0.15, -0.1) is 0 Å². The van der Waals surface area contributed by atoms with Gasteiger partial charge in [0.2, 0.25) is 0 Å². The summed E-state index contributed by atoms with van der Waals surface area (Å²) in [6.07, 6.45) is 0. The minimum Gasteiger partial charge on any atom is -0.496 e. The molecule has 0 fully saturated rings. The molecule has 2 rings (SSSR count). The van der Waals surface area contributed by atoms with Crippen molar-refractivity contribution in [2.24, 2.45) is 0 Å². The Morgan fingerprint density at radius 3 is 2.55 bits per heavy atom. The Morgan fingerprint density at radius 2 is 1.95 bits per heavy atom. The van der Waals surface area contributed by atoms with Crippen molar-refractivity contribution in [3.8, 4) is 16.9 Å². The van der Waals surface area contributed by atoms with Gasteiger partial charge in [-0.05, 0) is 49.4 Å². The van der Waals surface area contributed by atoms with E-state index in [-0.39, 0.29) is 11.1 Å². The van der Waals surface area contributed by atoms with E-state index >= 15 is 0 Å². The maximum absolute atomic E-state index is 13.3. The van der Waals surface area contributed by atoms with Crippen molar-refractivity contribution < 1.29 is 9.13 Å². The highest BCUT2D eigenvalue weighted by Crippen LogP contribution is 2.34. The van der Waals surface area contributed by atoms with Crippen LogP contribution < -0.4 is 10.1 Å². The molecule has 2 nitrogen and oxygen atoms in total. The molecule has 0 radical (unpaired) electrons. The summed E-state index contributed by atoms with van der Waals surface area (Å²) in [5.74, 6) is 0.314. The molecule has 0 amide bonds. The maximum atomic E-state index is 13.3. The number of ether oxygens (including phenoxy) is 1. The highest BCUT2D eigenvalue weighted by molar-refractivity contribution is 6.31. The van der Waals surface area contributed by atoms with Gasteiger partial charge < -0.3 is 10.1 Å². The minimum atomic E-state index is -0.422. The largest absolute Gasteiger partial charge is 0.496 e. The van der Waals surface area contributed by atoms with Crippen LogP contribution >= 0.6 is 11.6 Å². The highest BCUT2D eigenvalue weighted by Gasteiger charge is 2.11. The molecule has 0 aliphatic rings. The summed E-state index contributed by atoms with van der Waals surface area (Å²) >= 11 is 5.86. The third kappa shape index (κ3) is 2.94. The molecule has 1 atom stereocenters. The quantitative estimate of drug-likeness (QED) is 0.900. The van der Waals surface area contributed by atoms with Gasteiger partial charge in [-0.1, -0.05) is 23.7 Å². The van der Waals surface area contributed by atoms with E-state index in [9.17, 15) is 4.39 Å². The van der Waals surface area contributed by atoms with E-state index in [1.807, 2.05) is 25.2 Å². The lowest BCUT2D eigenvalue weighted by molar-refractivity contribution is 0.416. The molecule has 0 aromatic heterocycles. The molecular weight excluding hydrogens is 277 g/mol. The smallest absolute Gasteiger partial charge is 0.141 e. The zero-order valence-corrected chi connectivity index (χ0v) is 12.5. The van der Waals surface area contributed by atoms with Crippen LogP contribution in [0.25, 0.3) is 11.1 Å². The lowest BCUT2D eigenvalue weighted by atomic mass is 9.99. The highest BCUT2D eigenvalue weighted by atomic mass is 35.5. The first-order valence-electron chi connectivity index (χ1n) is 6.37. The summed E-state index contributed by atoms with van der Waals surface area (Å²) in [7, 11) is 3.52. The minimum absolute atomic E-state index is 0.108. The van der Waals surface area contributed by atoms with E-state index in [0.717, 1.165) is 22.4 Å². The van der Waals surface area contributed by atoms with E-state index in [2.05, 4.69) is 12.2 Å².